The Morgan fingerprint density at radius 1 is 1.32 bits per heavy atom. The topological polar surface area (TPSA) is 79.3 Å². The van der Waals surface area contributed by atoms with Crippen molar-refractivity contribution >= 4 is 36.6 Å². The molecule has 2 saturated heterocycles. The highest BCUT2D eigenvalue weighted by atomic mass is 35.5. The van der Waals surface area contributed by atoms with Crippen LogP contribution in [0.25, 0.3) is 0 Å². The number of hydrogen-bond acceptors (Lipinski definition) is 4. The second-order valence-electron chi connectivity index (χ2n) is 6.59. The number of piperidine rings is 2. The quantitative estimate of drug-likeness (QED) is 0.806. The molecule has 2 fully saturated rings. The molecular formula is C16H27Cl2N5O2. The zero-order valence-electron chi connectivity index (χ0n) is 14.6. The van der Waals surface area contributed by atoms with Gasteiger partial charge in [-0.3, -0.25) is 14.3 Å². The molecule has 3 heterocycles. The number of halogens is 2. The van der Waals surface area contributed by atoms with Crippen molar-refractivity contribution in [3.8, 4) is 0 Å². The minimum atomic E-state index is -0.235. The zero-order chi connectivity index (χ0) is 16.4. The van der Waals surface area contributed by atoms with Crippen LogP contribution in [0.5, 0.6) is 0 Å². The summed E-state index contributed by atoms with van der Waals surface area (Å²) in [6.07, 6.45) is 6.76. The van der Waals surface area contributed by atoms with Crippen molar-refractivity contribution in [2.24, 2.45) is 13.0 Å². The summed E-state index contributed by atoms with van der Waals surface area (Å²) in [5.74, 6) is -0.0852. The highest BCUT2D eigenvalue weighted by Gasteiger charge is 2.40. The Bertz CT molecular complexity index is 589. The van der Waals surface area contributed by atoms with Gasteiger partial charge in [-0.1, -0.05) is 0 Å². The van der Waals surface area contributed by atoms with E-state index in [9.17, 15) is 9.59 Å². The first kappa shape index (κ1) is 21.7. The van der Waals surface area contributed by atoms with E-state index in [1.807, 2.05) is 13.2 Å². The first-order valence-electron chi connectivity index (χ1n) is 8.31. The van der Waals surface area contributed by atoms with Gasteiger partial charge in [-0.25, -0.2) is 0 Å². The molecule has 25 heavy (non-hydrogen) atoms. The molecule has 0 spiro atoms. The van der Waals surface area contributed by atoms with Gasteiger partial charge in [0.05, 0.1) is 18.2 Å². The van der Waals surface area contributed by atoms with Crippen LogP contribution in [-0.2, 0) is 16.6 Å². The number of nitrogens with one attached hydrogen (secondary N) is 2. The second-order valence-corrected chi connectivity index (χ2v) is 6.59. The lowest BCUT2D eigenvalue weighted by Gasteiger charge is -2.38. The maximum Gasteiger partial charge on any atom is 0.225 e. The number of aryl methyl sites for hydroxylation is 1. The van der Waals surface area contributed by atoms with Crippen LogP contribution in [0.2, 0.25) is 0 Å². The molecule has 7 nitrogen and oxygen atoms in total. The highest BCUT2D eigenvalue weighted by Crippen LogP contribution is 2.35. The Kier molecular flexibility index (Phi) is 8.18. The molecule has 2 N–H and O–H groups in total. The lowest BCUT2D eigenvalue weighted by molar-refractivity contribution is -0.141. The molecule has 2 aliphatic rings. The van der Waals surface area contributed by atoms with Gasteiger partial charge in [0.1, 0.15) is 0 Å². The van der Waals surface area contributed by atoms with E-state index in [-0.39, 0.29) is 54.6 Å². The van der Waals surface area contributed by atoms with Crippen molar-refractivity contribution in [3.05, 3.63) is 18.0 Å². The molecule has 3 atom stereocenters. The molecule has 1 aromatic rings. The van der Waals surface area contributed by atoms with Gasteiger partial charge in [0.2, 0.25) is 11.8 Å². The molecule has 9 heteroatoms. The van der Waals surface area contributed by atoms with Crippen molar-refractivity contribution < 1.29 is 9.59 Å². The lowest BCUT2D eigenvalue weighted by Crippen LogP contribution is -2.51. The summed E-state index contributed by atoms with van der Waals surface area (Å²) in [7, 11) is 3.62. The molecule has 0 saturated carbocycles. The van der Waals surface area contributed by atoms with Crippen LogP contribution in [-0.4, -0.2) is 52.7 Å². The predicted molar refractivity (Wildman–Crippen MR) is 100.0 cm³/mol. The number of carbonyl (C=O) groups is 2. The van der Waals surface area contributed by atoms with Gasteiger partial charge in [0, 0.05) is 44.9 Å². The lowest BCUT2D eigenvalue weighted by atomic mass is 9.84. The number of aromatic nitrogens is 2. The van der Waals surface area contributed by atoms with E-state index in [4.69, 9.17) is 0 Å². The maximum atomic E-state index is 12.8. The molecule has 0 aromatic carbocycles. The Hall–Kier alpha value is -1.31. The van der Waals surface area contributed by atoms with Crippen LogP contribution in [0.3, 0.4) is 0 Å². The van der Waals surface area contributed by atoms with Gasteiger partial charge >= 0.3 is 0 Å². The summed E-state index contributed by atoms with van der Waals surface area (Å²) >= 11 is 0. The summed E-state index contributed by atoms with van der Waals surface area (Å²) in [6.45, 7) is 1.84. The van der Waals surface area contributed by atoms with Gasteiger partial charge in [-0.15, -0.1) is 24.8 Å². The van der Waals surface area contributed by atoms with E-state index in [1.54, 1.807) is 22.8 Å². The van der Waals surface area contributed by atoms with E-state index in [0.717, 1.165) is 31.5 Å². The highest BCUT2D eigenvalue weighted by molar-refractivity contribution is 5.86. The Balaban J connectivity index is 0.00000156. The first-order chi connectivity index (χ1) is 11.1. The summed E-state index contributed by atoms with van der Waals surface area (Å²) in [4.78, 5) is 26.6. The zero-order valence-corrected chi connectivity index (χ0v) is 16.2. The number of hydrogen-bond donors (Lipinski definition) is 2. The van der Waals surface area contributed by atoms with Gasteiger partial charge < -0.3 is 15.5 Å². The van der Waals surface area contributed by atoms with Gasteiger partial charge in [-0.2, -0.15) is 5.10 Å². The molecule has 2 amide bonds. The smallest absolute Gasteiger partial charge is 0.225 e. The fourth-order valence-corrected chi connectivity index (χ4v) is 3.64. The fraction of sp³-hybridized carbons (Fsp3) is 0.688. The molecular weight excluding hydrogens is 365 g/mol. The molecule has 1 aromatic heterocycles. The number of likely N-dealkylation sites (tertiary alicyclic amines) is 1. The summed E-state index contributed by atoms with van der Waals surface area (Å²) in [6, 6.07) is -0.0461. The third-order valence-electron chi connectivity index (χ3n) is 4.91. The predicted octanol–water partition coefficient (Wildman–Crippen LogP) is 1.04. The molecule has 2 unspecified atom stereocenters. The van der Waals surface area contributed by atoms with E-state index < -0.39 is 0 Å². The van der Waals surface area contributed by atoms with Crippen molar-refractivity contribution in [2.45, 2.75) is 37.8 Å². The van der Waals surface area contributed by atoms with Crippen LogP contribution in [0.15, 0.2) is 12.4 Å². The first-order valence-corrected chi connectivity index (χ1v) is 8.31. The molecule has 0 radical (unpaired) electrons. The molecule has 142 valence electrons. The van der Waals surface area contributed by atoms with E-state index in [2.05, 4.69) is 15.7 Å². The van der Waals surface area contributed by atoms with E-state index >= 15 is 0 Å². The number of rotatable bonds is 3. The minimum Gasteiger partial charge on any atom is -0.352 e. The van der Waals surface area contributed by atoms with Crippen LogP contribution in [0, 0.1) is 5.92 Å². The van der Waals surface area contributed by atoms with Crippen molar-refractivity contribution in [3.63, 3.8) is 0 Å². The third kappa shape index (κ3) is 4.86. The van der Waals surface area contributed by atoms with Gasteiger partial charge in [0.15, 0.2) is 0 Å². The van der Waals surface area contributed by atoms with Crippen LogP contribution in [0.1, 0.15) is 37.3 Å². The molecule has 2 aliphatic heterocycles. The largest absolute Gasteiger partial charge is 0.352 e. The second kappa shape index (κ2) is 9.40. The third-order valence-corrected chi connectivity index (χ3v) is 4.91. The normalized spacial score (nSPS) is 26.4. The Morgan fingerprint density at radius 3 is 2.68 bits per heavy atom. The van der Waals surface area contributed by atoms with E-state index in [0.29, 0.717) is 12.8 Å². The number of carbonyl (C=O) groups excluding carboxylic acids is 2. The number of nitrogens with zero attached hydrogens (tertiary/aromatic N) is 3. The Labute approximate surface area is 160 Å². The van der Waals surface area contributed by atoms with Crippen molar-refractivity contribution in [1.29, 1.82) is 0 Å². The number of amides is 2. The Morgan fingerprint density at radius 2 is 2.08 bits per heavy atom. The maximum absolute atomic E-state index is 12.8. The van der Waals surface area contributed by atoms with Crippen LogP contribution >= 0.6 is 24.8 Å². The van der Waals surface area contributed by atoms with E-state index in [1.165, 1.54) is 0 Å². The van der Waals surface area contributed by atoms with Crippen LogP contribution in [0.4, 0.5) is 0 Å². The standard InChI is InChI=1S/C16H25N5O2.2ClH/c1-20-10-11(8-18-20)15-13(5-6-14(22)21(15)2)16(23)19-12-4-3-7-17-9-12;;/h8,10,12-13,15,17H,3-7,9H2,1-2H3,(H,19,23);2*1H/t12-,13?,15?;;/m0../s1. The van der Waals surface area contributed by atoms with Gasteiger partial charge in [-0.05, 0) is 25.8 Å². The molecule has 0 bridgehead atoms. The summed E-state index contributed by atoms with van der Waals surface area (Å²) in [5, 5.41) is 10.7. The minimum absolute atomic E-state index is 0. The monoisotopic (exact) mass is 391 g/mol. The van der Waals surface area contributed by atoms with Crippen molar-refractivity contribution in [2.75, 3.05) is 20.1 Å². The summed E-state index contributed by atoms with van der Waals surface area (Å²) < 4.78 is 1.71. The van der Waals surface area contributed by atoms with Crippen molar-refractivity contribution in [1.82, 2.24) is 25.3 Å². The summed E-state index contributed by atoms with van der Waals surface area (Å²) in [5.41, 5.74) is 0.921. The fourth-order valence-electron chi connectivity index (χ4n) is 3.64. The average molecular weight is 392 g/mol. The SMILES string of the molecule is CN1C(=O)CCC(C(=O)N[C@H]2CCCNC2)C1c1cnn(C)c1.Cl.Cl. The molecule has 0 aliphatic carbocycles. The average Bonchev–Trinajstić information content (AvgIpc) is 2.96. The van der Waals surface area contributed by atoms with Gasteiger partial charge in [0.25, 0.3) is 0 Å². The molecule has 3 rings (SSSR count). The van der Waals surface area contributed by atoms with Crippen LogP contribution < -0.4 is 10.6 Å².